The summed E-state index contributed by atoms with van der Waals surface area (Å²) in [5.41, 5.74) is 1.35. The second-order valence-corrected chi connectivity index (χ2v) is 19.1. The van der Waals surface area contributed by atoms with Crippen molar-refractivity contribution in [2.75, 3.05) is 14.1 Å². The second kappa shape index (κ2) is 12.2. The van der Waals surface area contributed by atoms with Crippen LogP contribution in [0.15, 0.2) is 24.3 Å². The van der Waals surface area contributed by atoms with Gasteiger partial charge >= 0.3 is 156 Å². The fraction of sp³-hybridized carbons (Fsp3) is 0.714. The van der Waals surface area contributed by atoms with Crippen LogP contribution in [0.2, 0.25) is 13.3 Å². The summed E-state index contributed by atoms with van der Waals surface area (Å²) in [6.07, 6.45) is 7.91. The van der Waals surface area contributed by atoms with Crippen LogP contribution in [0.25, 0.3) is 0 Å². The zero-order chi connectivity index (χ0) is 17.8. The molecule has 24 heavy (non-hydrogen) atoms. The average molecular weight is 440 g/mol. The standard InChI is InChI=1S/C9H13NO.3C4H9.Sn/c1-10(2)7-8-5-3-4-6-9(8)11;3*1-3-4-2;/h3-6,11H,7H2,1-2H3;3*1,3-4H2,2H3;/q;;;;+1/p-1. The third-order valence-electron chi connectivity index (χ3n) is 4.74. The Labute approximate surface area is 155 Å². The number of unbranched alkanes of at least 4 members (excludes halogenated alkanes) is 3. The molecule has 0 N–H and O–H groups in total. The molecule has 1 rings (SSSR count). The Hall–Kier alpha value is -0.221. The first-order chi connectivity index (χ1) is 11.6. The van der Waals surface area contributed by atoms with Crippen molar-refractivity contribution in [2.24, 2.45) is 0 Å². The van der Waals surface area contributed by atoms with Gasteiger partial charge in [0.25, 0.3) is 0 Å². The first kappa shape index (κ1) is 21.8. The van der Waals surface area contributed by atoms with Crippen LogP contribution < -0.4 is 3.07 Å². The summed E-state index contributed by atoms with van der Waals surface area (Å²) in [5.74, 6) is 1.19. The molecule has 0 saturated heterocycles. The maximum absolute atomic E-state index is 7.02. The van der Waals surface area contributed by atoms with Crippen molar-refractivity contribution in [3.05, 3.63) is 29.8 Å². The minimum atomic E-state index is -2.58. The zero-order valence-corrected chi connectivity index (χ0v) is 19.6. The number of rotatable bonds is 13. The summed E-state index contributed by atoms with van der Waals surface area (Å²) in [7, 11) is 4.27. The van der Waals surface area contributed by atoms with Gasteiger partial charge in [0.15, 0.2) is 0 Å². The van der Waals surface area contributed by atoms with Crippen molar-refractivity contribution >= 4 is 18.8 Å². The van der Waals surface area contributed by atoms with E-state index < -0.39 is 18.8 Å². The number of nitrogens with zero attached hydrogens (tertiary/aromatic N) is 1. The third-order valence-corrected chi connectivity index (χ3v) is 17.4. The molecule has 0 radical (unpaired) electrons. The van der Waals surface area contributed by atoms with Gasteiger partial charge in [-0.05, 0) is 0 Å². The summed E-state index contributed by atoms with van der Waals surface area (Å²) in [6, 6.07) is 8.75. The van der Waals surface area contributed by atoms with Crippen molar-refractivity contribution in [3.8, 4) is 5.75 Å². The normalized spacial score (nSPS) is 11.9. The van der Waals surface area contributed by atoms with E-state index in [0.717, 1.165) is 6.54 Å². The Morgan fingerprint density at radius 3 is 1.79 bits per heavy atom. The predicted octanol–water partition coefficient (Wildman–Crippen LogP) is 6.47. The molecular weight excluding hydrogens is 401 g/mol. The Morgan fingerprint density at radius 2 is 1.33 bits per heavy atom. The summed E-state index contributed by atoms with van der Waals surface area (Å²) in [4.78, 5) is 2.24. The molecule has 138 valence electrons. The van der Waals surface area contributed by atoms with Gasteiger partial charge in [-0.25, -0.2) is 0 Å². The van der Waals surface area contributed by atoms with Crippen molar-refractivity contribution in [1.29, 1.82) is 0 Å². The Kier molecular flexibility index (Phi) is 11.1. The van der Waals surface area contributed by atoms with Crippen LogP contribution in [0.4, 0.5) is 0 Å². The first-order valence-corrected chi connectivity index (χ1v) is 17.2. The van der Waals surface area contributed by atoms with E-state index in [-0.39, 0.29) is 0 Å². The van der Waals surface area contributed by atoms with Gasteiger partial charge in [-0.3, -0.25) is 0 Å². The van der Waals surface area contributed by atoms with Gasteiger partial charge in [0, 0.05) is 0 Å². The van der Waals surface area contributed by atoms with Crippen molar-refractivity contribution in [2.45, 2.75) is 79.2 Å². The van der Waals surface area contributed by atoms with Gasteiger partial charge in [0.05, 0.1) is 0 Å². The van der Waals surface area contributed by atoms with Crippen LogP contribution in [0.1, 0.15) is 64.9 Å². The maximum atomic E-state index is 7.02. The molecule has 3 heteroatoms. The van der Waals surface area contributed by atoms with Gasteiger partial charge in [0.2, 0.25) is 0 Å². The number of hydrogen-bond acceptors (Lipinski definition) is 2. The van der Waals surface area contributed by atoms with Gasteiger partial charge < -0.3 is 0 Å². The average Bonchev–Trinajstić information content (AvgIpc) is 2.57. The predicted molar refractivity (Wildman–Crippen MR) is 109 cm³/mol. The third kappa shape index (κ3) is 7.77. The topological polar surface area (TPSA) is 12.5 Å². The van der Waals surface area contributed by atoms with Crippen molar-refractivity contribution in [1.82, 2.24) is 4.90 Å². The van der Waals surface area contributed by atoms with Crippen LogP contribution in [-0.2, 0) is 6.54 Å². The van der Waals surface area contributed by atoms with Gasteiger partial charge in [0.1, 0.15) is 0 Å². The molecule has 0 unspecified atom stereocenters. The zero-order valence-electron chi connectivity index (χ0n) is 16.7. The number of benzene rings is 1. The van der Waals surface area contributed by atoms with E-state index in [1.807, 2.05) is 0 Å². The van der Waals surface area contributed by atoms with Crippen LogP contribution in [0, 0.1) is 0 Å². The molecule has 0 aromatic heterocycles. The monoisotopic (exact) mass is 441 g/mol. The molecule has 0 spiro atoms. The number of hydrogen-bond donors (Lipinski definition) is 0. The van der Waals surface area contributed by atoms with Crippen LogP contribution in [0.3, 0.4) is 0 Å². The van der Waals surface area contributed by atoms with Crippen molar-refractivity contribution < 1.29 is 3.07 Å². The van der Waals surface area contributed by atoms with E-state index in [1.54, 1.807) is 0 Å². The molecule has 2 nitrogen and oxygen atoms in total. The molecule has 0 saturated carbocycles. The molecule has 0 bridgehead atoms. The molecule has 0 aliphatic heterocycles. The fourth-order valence-electron chi connectivity index (χ4n) is 3.33. The molecular formula is C21H39NOSn. The van der Waals surface area contributed by atoms with E-state index in [9.17, 15) is 0 Å². The van der Waals surface area contributed by atoms with E-state index >= 15 is 0 Å². The van der Waals surface area contributed by atoms with Crippen molar-refractivity contribution in [3.63, 3.8) is 0 Å². The van der Waals surface area contributed by atoms with Gasteiger partial charge in [-0.15, -0.1) is 0 Å². The van der Waals surface area contributed by atoms with Crippen LogP contribution in [0.5, 0.6) is 5.75 Å². The fourth-order valence-corrected chi connectivity index (χ4v) is 16.8. The second-order valence-electron chi connectivity index (χ2n) is 7.44. The quantitative estimate of drug-likeness (QED) is 0.326. The molecule has 0 fully saturated rings. The van der Waals surface area contributed by atoms with Gasteiger partial charge in [-0.1, -0.05) is 0 Å². The van der Waals surface area contributed by atoms with E-state index in [2.05, 4.69) is 64.0 Å². The molecule has 1 aromatic carbocycles. The van der Waals surface area contributed by atoms with Gasteiger partial charge in [-0.2, -0.15) is 0 Å². The first-order valence-electron chi connectivity index (χ1n) is 9.98. The minimum absolute atomic E-state index is 0.966. The van der Waals surface area contributed by atoms with E-state index in [4.69, 9.17) is 3.07 Å². The molecule has 0 heterocycles. The van der Waals surface area contributed by atoms with Crippen LogP contribution in [-0.4, -0.2) is 37.8 Å². The van der Waals surface area contributed by atoms with Crippen LogP contribution >= 0.6 is 0 Å². The molecule has 0 aliphatic carbocycles. The summed E-state index contributed by atoms with van der Waals surface area (Å²) in [5, 5.41) is 0. The SMILES string of the molecule is CCC[CH2][Sn]([CH2]CCC)([CH2]CCC)[O]c1ccccc1CN(C)C. The summed E-state index contributed by atoms with van der Waals surface area (Å²) < 4.78 is 11.2. The molecule has 0 atom stereocenters. The molecule has 1 aromatic rings. The summed E-state index contributed by atoms with van der Waals surface area (Å²) in [6.45, 7) is 7.91. The Bertz CT molecular complexity index is 425. The number of para-hydroxylation sites is 1. The summed E-state index contributed by atoms with van der Waals surface area (Å²) >= 11 is -2.58. The van der Waals surface area contributed by atoms with E-state index in [0.29, 0.717) is 0 Å². The molecule has 0 aliphatic rings. The Balaban J connectivity index is 3.03. The molecule has 0 amide bonds. The van der Waals surface area contributed by atoms with E-state index in [1.165, 1.54) is 63.1 Å². The Morgan fingerprint density at radius 1 is 0.833 bits per heavy atom.